The molecule has 0 aliphatic carbocycles. The molecular formula is C22H22FN7O2S. The molecule has 0 saturated carbocycles. The fraction of sp³-hybridized carbons (Fsp3) is 0.182. The van der Waals surface area contributed by atoms with Crippen molar-refractivity contribution in [3.63, 3.8) is 0 Å². The summed E-state index contributed by atoms with van der Waals surface area (Å²) >= 11 is 1.12. The number of nitrogens with zero attached hydrogens (tertiary/aromatic N) is 5. The van der Waals surface area contributed by atoms with Crippen LogP contribution in [0, 0.1) is 19.7 Å². The Labute approximate surface area is 193 Å². The van der Waals surface area contributed by atoms with Crippen molar-refractivity contribution in [3.8, 4) is 11.4 Å². The topological polar surface area (TPSA) is 113 Å². The Kier molecular flexibility index (Phi) is 6.59. The number of nitrogens with one attached hydrogen (secondary N) is 1. The van der Waals surface area contributed by atoms with Gasteiger partial charge in [-0.2, -0.15) is 5.10 Å². The Hall–Kier alpha value is -3.86. The van der Waals surface area contributed by atoms with E-state index in [2.05, 4.69) is 20.6 Å². The molecule has 11 heteroatoms. The molecular weight excluding hydrogens is 445 g/mol. The first-order valence-electron chi connectivity index (χ1n) is 10.0. The number of carbonyl (C=O) groups excluding carboxylic acids is 1. The van der Waals surface area contributed by atoms with Gasteiger partial charge in [0, 0.05) is 6.07 Å². The summed E-state index contributed by atoms with van der Waals surface area (Å²) in [4.78, 5) is 12.6. The van der Waals surface area contributed by atoms with Gasteiger partial charge in [-0.15, -0.1) is 10.2 Å². The molecule has 0 fully saturated rings. The molecule has 33 heavy (non-hydrogen) atoms. The predicted octanol–water partition coefficient (Wildman–Crippen LogP) is 3.24. The highest BCUT2D eigenvalue weighted by atomic mass is 32.2. The van der Waals surface area contributed by atoms with Crippen molar-refractivity contribution in [2.45, 2.75) is 25.6 Å². The highest BCUT2D eigenvalue weighted by Crippen LogP contribution is 2.21. The number of para-hydroxylation sites is 1. The van der Waals surface area contributed by atoms with Crippen molar-refractivity contribution in [1.29, 1.82) is 0 Å². The highest BCUT2D eigenvalue weighted by molar-refractivity contribution is 7.99. The second kappa shape index (κ2) is 9.74. The van der Waals surface area contributed by atoms with E-state index in [0.717, 1.165) is 28.7 Å². The molecule has 4 aromatic rings. The van der Waals surface area contributed by atoms with Gasteiger partial charge >= 0.3 is 0 Å². The van der Waals surface area contributed by atoms with Crippen LogP contribution in [0.4, 0.5) is 10.2 Å². The van der Waals surface area contributed by atoms with E-state index in [9.17, 15) is 9.18 Å². The summed E-state index contributed by atoms with van der Waals surface area (Å²) in [5, 5.41) is 15.6. The second-order valence-corrected chi connectivity index (χ2v) is 8.19. The van der Waals surface area contributed by atoms with E-state index < -0.39 is 5.82 Å². The van der Waals surface area contributed by atoms with Crippen molar-refractivity contribution in [3.05, 3.63) is 77.5 Å². The minimum atomic E-state index is -0.480. The molecule has 0 unspecified atom stereocenters. The van der Waals surface area contributed by atoms with Crippen molar-refractivity contribution in [2.24, 2.45) is 0 Å². The van der Waals surface area contributed by atoms with Crippen LogP contribution in [-0.2, 0) is 11.4 Å². The first kappa shape index (κ1) is 22.3. The number of hydrogen-bond acceptors (Lipinski definition) is 7. The van der Waals surface area contributed by atoms with Crippen LogP contribution in [0.3, 0.4) is 0 Å². The number of amides is 1. The van der Waals surface area contributed by atoms with Crippen LogP contribution in [0.15, 0.2) is 59.8 Å². The van der Waals surface area contributed by atoms with E-state index in [1.54, 1.807) is 22.9 Å². The van der Waals surface area contributed by atoms with E-state index >= 15 is 0 Å². The Morgan fingerprint density at radius 1 is 1.15 bits per heavy atom. The van der Waals surface area contributed by atoms with Crippen LogP contribution >= 0.6 is 11.8 Å². The zero-order chi connectivity index (χ0) is 23.4. The minimum Gasteiger partial charge on any atom is -0.482 e. The maximum Gasteiger partial charge on any atom is 0.236 e. The molecule has 170 valence electrons. The standard InChI is InChI=1S/C22H22FN7O2S/c1-14-7-9-16(10-8-14)30-19(11-15(2)28-30)25-21(31)13-33-22-27-26-20(29(22)24)12-32-18-6-4-3-5-17(18)23/h3-11H,12-13,24H2,1-2H3,(H,25,31). The van der Waals surface area contributed by atoms with Gasteiger partial charge in [0.05, 0.1) is 17.1 Å². The number of nitrogen functional groups attached to an aromatic ring is 1. The maximum absolute atomic E-state index is 13.7. The molecule has 0 spiro atoms. The third kappa shape index (κ3) is 5.32. The van der Waals surface area contributed by atoms with Gasteiger partial charge in [-0.25, -0.2) is 13.7 Å². The van der Waals surface area contributed by atoms with Gasteiger partial charge in [0.25, 0.3) is 0 Å². The maximum atomic E-state index is 13.7. The average molecular weight is 468 g/mol. The number of thioether (sulfide) groups is 1. The van der Waals surface area contributed by atoms with Gasteiger partial charge in [-0.3, -0.25) is 4.79 Å². The lowest BCUT2D eigenvalue weighted by molar-refractivity contribution is -0.113. The number of aromatic nitrogens is 5. The fourth-order valence-corrected chi connectivity index (χ4v) is 3.66. The van der Waals surface area contributed by atoms with Gasteiger partial charge in [0.1, 0.15) is 12.4 Å². The summed E-state index contributed by atoms with van der Waals surface area (Å²) in [5.74, 6) is 6.30. The number of anilines is 1. The lowest BCUT2D eigenvalue weighted by Crippen LogP contribution is -2.19. The van der Waals surface area contributed by atoms with E-state index in [1.165, 1.54) is 16.8 Å². The molecule has 0 saturated heterocycles. The quantitative estimate of drug-likeness (QED) is 0.302. The van der Waals surface area contributed by atoms with E-state index in [1.807, 2.05) is 38.1 Å². The van der Waals surface area contributed by atoms with Crippen LogP contribution in [0.2, 0.25) is 0 Å². The second-order valence-electron chi connectivity index (χ2n) is 7.24. The third-order valence-corrected chi connectivity index (χ3v) is 5.58. The van der Waals surface area contributed by atoms with Crippen molar-refractivity contribution in [1.82, 2.24) is 24.7 Å². The van der Waals surface area contributed by atoms with E-state index in [0.29, 0.717) is 16.8 Å². The van der Waals surface area contributed by atoms with Crippen LogP contribution in [0.1, 0.15) is 17.1 Å². The van der Waals surface area contributed by atoms with Gasteiger partial charge in [0.2, 0.25) is 11.1 Å². The van der Waals surface area contributed by atoms with E-state index in [-0.39, 0.29) is 24.0 Å². The van der Waals surface area contributed by atoms with Crippen LogP contribution in [-0.4, -0.2) is 36.3 Å². The number of carbonyl (C=O) groups is 1. The number of ether oxygens (including phenoxy) is 1. The molecule has 0 bridgehead atoms. The minimum absolute atomic E-state index is 0.0572. The summed E-state index contributed by atoms with van der Waals surface area (Å²) in [7, 11) is 0. The zero-order valence-electron chi connectivity index (χ0n) is 18.0. The lowest BCUT2D eigenvalue weighted by atomic mass is 10.2. The zero-order valence-corrected chi connectivity index (χ0v) is 18.8. The molecule has 1 amide bonds. The Bertz CT molecular complexity index is 1270. The molecule has 0 radical (unpaired) electrons. The largest absolute Gasteiger partial charge is 0.482 e. The molecule has 3 N–H and O–H groups in total. The summed E-state index contributed by atoms with van der Waals surface area (Å²) in [6, 6.07) is 15.7. The van der Waals surface area contributed by atoms with Crippen molar-refractivity contribution >= 4 is 23.5 Å². The summed E-state index contributed by atoms with van der Waals surface area (Å²) in [6.45, 7) is 3.80. The Morgan fingerprint density at radius 3 is 2.67 bits per heavy atom. The molecule has 0 atom stereocenters. The van der Waals surface area contributed by atoms with Gasteiger partial charge in [-0.05, 0) is 38.1 Å². The van der Waals surface area contributed by atoms with Gasteiger partial charge in [0.15, 0.2) is 17.4 Å². The molecule has 2 aromatic carbocycles. The molecule has 9 nitrogen and oxygen atoms in total. The summed E-state index contributed by atoms with van der Waals surface area (Å²) in [5.41, 5.74) is 2.76. The number of aryl methyl sites for hydroxylation is 2. The van der Waals surface area contributed by atoms with Crippen LogP contribution in [0.25, 0.3) is 5.69 Å². The Morgan fingerprint density at radius 2 is 1.91 bits per heavy atom. The Balaban J connectivity index is 1.36. The molecule has 0 aliphatic heterocycles. The van der Waals surface area contributed by atoms with Crippen LogP contribution < -0.4 is 15.9 Å². The lowest BCUT2D eigenvalue weighted by Gasteiger charge is -2.09. The SMILES string of the molecule is Cc1ccc(-n2nc(C)cc2NC(=O)CSc2nnc(COc3ccccc3F)n2N)cc1. The predicted molar refractivity (Wildman–Crippen MR) is 123 cm³/mol. The number of nitrogens with two attached hydrogens (primary N) is 1. The average Bonchev–Trinajstić information content (AvgIpc) is 3.34. The number of benzene rings is 2. The normalized spacial score (nSPS) is 10.9. The monoisotopic (exact) mass is 467 g/mol. The smallest absolute Gasteiger partial charge is 0.236 e. The fourth-order valence-electron chi connectivity index (χ4n) is 2.99. The first-order valence-corrected chi connectivity index (χ1v) is 11.0. The third-order valence-electron chi connectivity index (χ3n) is 4.64. The van der Waals surface area contributed by atoms with Gasteiger partial charge < -0.3 is 15.9 Å². The summed E-state index contributed by atoms with van der Waals surface area (Å²) in [6.07, 6.45) is 0. The van der Waals surface area contributed by atoms with E-state index in [4.69, 9.17) is 10.6 Å². The highest BCUT2D eigenvalue weighted by Gasteiger charge is 2.15. The number of halogens is 1. The summed E-state index contributed by atoms with van der Waals surface area (Å²) < 4.78 is 22.0. The van der Waals surface area contributed by atoms with Crippen LogP contribution in [0.5, 0.6) is 5.75 Å². The number of rotatable bonds is 8. The van der Waals surface area contributed by atoms with Crippen molar-refractivity contribution in [2.75, 3.05) is 16.9 Å². The molecule has 0 aliphatic rings. The number of hydrogen-bond donors (Lipinski definition) is 2. The first-order chi connectivity index (χ1) is 15.9. The van der Waals surface area contributed by atoms with Crippen molar-refractivity contribution < 1.29 is 13.9 Å². The van der Waals surface area contributed by atoms with Gasteiger partial charge in [-0.1, -0.05) is 41.6 Å². The molecule has 2 heterocycles. The molecule has 4 rings (SSSR count). The molecule has 2 aromatic heterocycles.